The normalized spacial score (nSPS) is 19.2. The zero-order valence-electron chi connectivity index (χ0n) is 20.8. The standard InChI is InChI=1S/C28H34N2O5/c1-17(2)15-23(25(31)30-14-13-28(3,4)24(30)26(32)33)29-27(34)35-16-22-20-11-7-5-9-18(20)19-10-6-8-12-21(19)22/h5-12,17,22-24H,13-16H2,1-4H3,(H,29,34)(H,32,33)/t23-,24?/m0/s1. The first-order valence-corrected chi connectivity index (χ1v) is 12.2. The molecule has 1 heterocycles. The SMILES string of the molecule is CC(C)C[C@H](NC(=O)OCC1c2ccccc2-c2ccccc21)C(=O)N1CCC(C)(C)C1C(=O)O. The topological polar surface area (TPSA) is 95.9 Å². The van der Waals surface area contributed by atoms with E-state index in [-0.39, 0.29) is 24.3 Å². The van der Waals surface area contributed by atoms with E-state index in [1.807, 2.05) is 64.1 Å². The molecule has 35 heavy (non-hydrogen) atoms. The Labute approximate surface area is 206 Å². The molecule has 7 nitrogen and oxygen atoms in total. The molecular formula is C28H34N2O5. The predicted octanol–water partition coefficient (Wildman–Crippen LogP) is 4.65. The molecule has 2 amide bonds. The van der Waals surface area contributed by atoms with E-state index in [1.54, 1.807) is 0 Å². The molecule has 2 aromatic carbocycles. The van der Waals surface area contributed by atoms with Crippen molar-refractivity contribution in [1.29, 1.82) is 0 Å². The Morgan fingerprint density at radius 1 is 1.06 bits per heavy atom. The highest BCUT2D eigenvalue weighted by molar-refractivity contribution is 5.90. The number of nitrogens with one attached hydrogen (secondary N) is 1. The molecule has 186 valence electrons. The van der Waals surface area contributed by atoms with E-state index < -0.39 is 29.6 Å². The van der Waals surface area contributed by atoms with Crippen LogP contribution < -0.4 is 5.32 Å². The molecule has 2 atom stereocenters. The van der Waals surface area contributed by atoms with Gasteiger partial charge in [0.25, 0.3) is 0 Å². The molecule has 2 aromatic rings. The third-order valence-electron chi connectivity index (χ3n) is 7.21. The zero-order chi connectivity index (χ0) is 25.3. The molecule has 0 spiro atoms. The highest BCUT2D eigenvalue weighted by atomic mass is 16.5. The molecule has 0 aromatic heterocycles. The van der Waals surface area contributed by atoms with Crippen LogP contribution in [0.5, 0.6) is 0 Å². The predicted molar refractivity (Wildman–Crippen MR) is 133 cm³/mol. The van der Waals surface area contributed by atoms with Crippen molar-refractivity contribution in [3.05, 3.63) is 59.7 Å². The molecule has 2 N–H and O–H groups in total. The summed E-state index contributed by atoms with van der Waals surface area (Å²) in [5.41, 5.74) is 3.97. The Kier molecular flexibility index (Phi) is 6.88. The third kappa shape index (κ3) is 4.90. The molecule has 0 bridgehead atoms. The number of hydrogen-bond donors (Lipinski definition) is 2. The number of carbonyl (C=O) groups is 3. The van der Waals surface area contributed by atoms with Crippen molar-refractivity contribution < 1.29 is 24.2 Å². The molecular weight excluding hydrogens is 444 g/mol. The van der Waals surface area contributed by atoms with Gasteiger partial charge < -0.3 is 20.1 Å². The molecule has 1 fully saturated rings. The van der Waals surface area contributed by atoms with Gasteiger partial charge in [0.2, 0.25) is 5.91 Å². The monoisotopic (exact) mass is 478 g/mol. The van der Waals surface area contributed by atoms with E-state index >= 15 is 0 Å². The first kappa shape index (κ1) is 24.8. The lowest BCUT2D eigenvalue weighted by Crippen LogP contribution is -2.54. The largest absolute Gasteiger partial charge is 0.480 e. The van der Waals surface area contributed by atoms with Crippen LogP contribution >= 0.6 is 0 Å². The Morgan fingerprint density at radius 2 is 1.63 bits per heavy atom. The van der Waals surface area contributed by atoms with E-state index in [1.165, 1.54) is 4.90 Å². The average molecular weight is 479 g/mol. The summed E-state index contributed by atoms with van der Waals surface area (Å²) in [5, 5.41) is 12.5. The molecule has 0 saturated carbocycles. The summed E-state index contributed by atoms with van der Waals surface area (Å²) in [6.07, 6.45) is 0.317. The van der Waals surface area contributed by atoms with Crippen LogP contribution in [0.3, 0.4) is 0 Å². The minimum absolute atomic E-state index is 0.0804. The summed E-state index contributed by atoms with van der Waals surface area (Å²) in [5.74, 6) is -1.35. The van der Waals surface area contributed by atoms with Gasteiger partial charge in [0.05, 0.1) is 0 Å². The number of hydrogen-bond acceptors (Lipinski definition) is 4. The van der Waals surface area contributed by atoms with Crippen molar-refractivity contribution in [3.8, 4) is 11.1 Å². The fourth-order valence-corrected chi connectivity index (χ4v) is 5.48. The van der Waals surface area contributed by atoms with E-state index in [0.29, 0.717) is 19.4 Å². The number of benzene rings is 2. The second kappa shape index (κ2) is 9.72. The average Bonchev–Trinajstić information content (AvgIpc) is 3.30. The molecule has 0 radical (unpaired) electrons. The lowest BCUT2D eigenvalue weighted by Gasteiger charge is -2.32. The maximum absolute atomic E-state index is 13.4. The van der Waals surface area contributed by atoms with Crippen molar-refractivity contribution in [1.82, 2.24) is 10.2 Å². The molecule has 1 aliphatic heterocycles. The van der Waals surface area contributed by atoms with Crippen LogP contribution in [0.2, 0.25) is 0 Å². The van der Waals surface area contributed by atoms with Crippen LogP contribution in [0, 0.1) is 11.3 Å². The second-order valence-electron chi connectivity index (χ2n) is 10.7. The first-order chi connectivity index (χ1) is 16.6. The molecule has 1 unspecified atom stereocenters. The van der Waals surface area contributed by atoms with E-state index in [4.69, 9.17) is 4.74 Å². The van der Waals surface area contributed by atoms with Crippen molar-refractivity contribution >= 4 is 18.0 Å². The minimum atomic E-state index is -1.02. The number of carboxylic acids is 1. The number of alkyl carbamates (subject to hydrolysis) is 1. The lowest BCUT2D eigenvalue weighted by atomic mass is 9.84. The molecule has 1 aliphatic carbocycles. The van der Waals surface area contributed by atoms with E-state index in [2.05, 4.69) is 17.4 Å². The van der Waals surface area contributed by atoms with Gasteiger partial charge in [0, 0.05) is 12.5 Å². The van der Waals surface area contributed by atoms with Gasteiger partial charge in [-0.3, -0.25) is 4.79 Å². The lowest BCUT2D eigenvalue weighted by molar-refractivity contribution is -0.152. The number of carboxylic acid groups (broad SMARTS) is 1. The Hall–Kier alpha value is -3.35. The summed E-state index contributed by atoms with van der Waals surface area (Å²) in [7, 11) is 0. The van der Waals surface area contributed by atoms with Crippen LogP contribution in [0.25, 0.3) is 11.1 Å². The first-order valence-electron chi connectivity index (χ1n) is 12.2. The van der Waals surface area contributed by atoms with E-state index in [9.17, 15) is 19.5 Å². The summed E-state index contributed by atoms with van der Waals surface area (Å²) in [4.78, 5) is 39.6. The van der Waals surface area contributed by atoms with Crippen LogP contribution in [-0.4, -0.2) is 53.2 Å². The summed E-state index contributed by atoms with van der Waals surface area (Å²) in [6.45, 7) is 8.14. The highest BCUT2D eigenvalue weighted by Gasteiger charge is 2.48. The number of carbonyl (C=O) groups excluding carboxylic acids is 2. The van der Waals surface area contributed by atoms with Crippen molar-refractivity contribution in [2.75, 3.05) is 13.2 Å². The number of nitrogens with zero attached hydrogens (tertiary/aromatic N) is 1. The fourth-order valence-electron chi connectivity index (χ4n) is 5.48. The molecule has 2 aliphatic rings. The Balaban J connectivity index is 1.46. The van der Waals surface area contributed by atoms with Crippen molar-refractivity contribution in [2.45, 2.75) is 58.5 Å². The molecule has 1 saturated heterocycles. The van der Waals surface area contributed by atoms with Gasteiger partial charge in [-0.15, -0.1) is 0 Å². The van der Waals surface area contributed by atoms with Crippen molar-refractivity contribution in [3.63, 3.8) is 0 Å². The van der Waals surface area contributed by atoms with Gasteiger partial charge in [-0.1, -0.05) is 76.2 Å². The highest BCUT2D eigenvalue weighted by Crippen LogP contribution is 2.44. The van der Waals surface area contributed by atoms with E-state index in [0.717, 1.165) is 22.3 Å². The van der Waals surface area contributed by atoms with Crippen LogP contribution in [0.1, 0.15) is 57.6 Å². The quantitative estimate of drug-likeness (QED) is 0.604. The maximum atomic E-state index is 13.4. The molecule has 7 heteroatoms. The molecule has 4 rings (SSSR count). The Bertz CT molecular complexity index is 1080. The van der Waals surface area contributed by atoms with Crippen LogP contribution in [0.15, 0.2) is 48.5 Å². The number of rotatable bonds is 7. The number of amides is 2. The van der Waals surface area contributed by atoms with Crippen LogP contribution in [0.4, 0.5) is 4.79 Å². The zero-order valence-corrected chi connectivity index (χ0v) is 20.8. The van der Waals surface area contributed by atoms with Gasteiger partial charge in [0.1, 0.15) is 18.7 Å². The summed E-state index contributed by atoms with van der Waals surface area (Å²) >= 11 is 0. The van der Waals surface area contributed by atoms with Crippen molar-refractivity contribution in [2.24, 2.45) is 11.3 Å². The van der Waals surface area contributed by atoms with Gasteiger partial charge in [-0.05, 0) is 46.4 Å². The third-order valence-corrected chi connectivity index (χ3v) is 7.21. The maximum Gasteiger partial charge on any atom is 0.407 e. The second-order valence-corrected chi connectivity index (χ2v) is 10.7. The number of likely N-dealkylation sites (tertiary alicyclic amines) is 1. The minimum Gasteiger partial charge on any atom is -0.480 e. The number of fused-ring (bicyclic) bond motifs is 3. The number of aliphatic carboxylic acids is 1. The summed E-state index contributed by atoms with van der Waals surface area (Å²) in [6, 6.07) is 14.4. The Morgan fingerprint density at radius 3 is 2.17 bits per heavy atom. The smallest absolute Gasteiger partial charge is 0.407 e. The number of ether oxygens (including phenoxy) is 1. The fraction of sp³-hybridized carbons (Fsp3) is 0.464. The van der Waals surface area contributed by atoms with Gasteiger partial charge >= 0.3 is 12.1 Å². The van der Waals surface area contributed by atoms with Gasteiger partial charge in [-0.2, -0.15) is 0 Å². The van der Waals surface area contributed by atoms with Gasteiger partial charge in [0.15, 0.2) is 0 Å². The van der Waals surface area contributed by atoms with Crippen LogP contribution in [-0.2, 0) is 14.3 Å². The van der Waals surface area contributed by atoms with Gasteiger partial charge in [-0.25, -0.2) is 9.59 Å². The summed E-state index contributed by atoms with van der Waals surface area (Å²) < 4.78 is 5.64.